The highest BCUT2D eigenvalue weighted by atomic mass is 15.3. The first-order chi connectivity index (χ1) is 12.5. The van der Waals surface area contributed by atoms with Gasteiger partial charge in [0.15, 0.2) is 5.96 Å². The normalized spacial score (nSPS) is 18.7. The van der Waals surface area contributed by atoms with E-state index in [9.17, 15) is 0 Å². The molecule has 0 amide bonds. The van der Waals surface area contributed by atoms with E-state index in [1.54, 1.807) is 0 Å². The first-order valence-electron chi connectivity index (χ1n) is 10.3. The van der Waals surface area contributed by atoms with Crippen molar-refractivity contribution in [2.45, 2.75) is 66.5 Å². The van der Waals surface area contributed by atoms with Crippen molar-refractivity contribution in [2.75, 3.05) is 32.7 Å². The zero-order chi connectivity index (χ0) is 18.9. The van der Waals surface area contributed by atoms with E-state index in [0.29, 0.717) is 6.04 Å². The topological polar surface area (TPSA) is 57.5 Å². The summed E-state index contributed by atoms with van der Waals surface area (Å²) in [4.78, 5) is 7.46. The van der Waals surface area contributed by atoms with Gasteiger partial charge in [-0.05, 0) is 58.6 Å². The smallest absolute Gasteiger partial charge is 0.191 e. The van der Waals surface area contributed by atoms with E-state index < -0.39 is 0 Å². The highest BCUT2D eigenvalue weighted by Gasteiger charge is 2.24. The van der Waals surface area contributed by atoms with Crippen LogP contribution in [0.5, 0.6) is 0 Å². The second-order valence-corrected chi connectivity index (χ2v) is 7.84. The van der Waals surface area contributed by atoms with Crippen molar-refractivity contribution in [2.24, 2.45) is 10.9 Å². The molecule has 1 atom stereocenters. The number of hydrogen-bond acceptors (Lipinski definition) is 3. The fourth-order valence-corrected chi connectivity index (χ4v) is 3.69. The predicted octanol–water partition coefficient (Wildman–Crippen LogP) is 2.57. The summed E-state index contributed by atoms with van der Waals surface area (Å²) in [6, 6.07) is 2.73. The molecule has 1 saturated heterocycles. The number of rotatable bonds is 9. The first kappa shape index (κ1) is 20.7. The monoisotopic (exact) mass is 362 g/mol. The number of nitrogens with zero attached hydrogens (tertiary/aromatic N) is 4. The van der Waals surface area contributed by atoms with Crippen molar-refractivity contribution in [1.29, 1.82) is 0 Å². The highest BCUT2D eigenvalue weighted by molar-refractivity contribution is 5.79. The Morgan fingerprint density at radius 3 is 2.81 bits per heavy atom. The van der Waals surface area contributed by atoms with Gasteiger partial charge < -0.3 is 10.6 Å². The van der Waals surface area contributed by atoms with Gasteiger partial charge in [-0.15, -0.1) is 0 Å². The molecule has 0 radical (unpaired) electrons. The van der Waals surface area contributed by atoms with E-state index in [0.717, 1.165) is 50.2 Å². The first-order valence-corrected chi connectivity index (χ1v) is 10.3. The summed E-state index contributed by atoms with van der Waals surface area (Å²) < 4.78 is 2.09. The van der Waals surface area contributed by atoms with Gasteiger partial charge in [-0.1, -0.05) is 13.8 Å². The van der Waals surface area contributed by atoms with E-state index in [1.807, 2.05) is 6.92 Å². The molecule has 148 valence electrons. The van der Waals surface area contributed by atoms with Crippen molar-refractivity contribution in [3.05, 3.63) is 17.5 Å². The maximum absolute atomic E-state index is 4.85. The SMILES string of the molecule is CCNC(=NC[C@H]1CCCN1CC(C)C)NCCCn1nc(C)cc1C. The molecule has 0 spiro atoms. The minimum Gasteiger partial charge on any atom is -0.357 e. The number of aromatic nitrogens is 2. The lowest BCUT2D eigenvalue weighted by molar-refractivity contribution is 0.231. The van der Waals surface area contributed by atoms with Crippen LogP contribution >= 0.6 is 0 Å². The molecule has 2 rings (SSSR count). The lowest BCUT2D eigenvalue weighted by atomic mass is 10.2. The Morgan fingerprint density at radius 2 is 2.15 bits per heavy atom. The molecule has 1 aliphatic heterocycles. The summed E-state index contributed by atoms with van der Waals surface area (Å²) >= 11 is 0. The van der Waals surface area contributed by atoms with Crippen LogP contribution in [0, 0.1) is 19.8 Å². The molecule has 0 bridgehead atoms. The van der Waals surface area contributed by atoms with Gasteiger partial charge in [-0.2, -0.15) is 5.10 Å². The zero-order valence-corrected chi connectivity index (χ0v) is 17.4. The number of aryl methyl sites for hydroxylation is 3. The van der Waals surface area contributed by atoms with Gasteiger partial charge >= 0.3 is 0 Å². The Kier molecular flexibility index (Phi) is 8.42. The standard InChI is InChI=1S/C20H38N6/c1-6-21-20(22-10-8-12-26-18(5)13-17(4)24-26)23-14-19-9-7-11-25(19)15-16(2)3/h13,16,19H,6-12,14-15H2,1-5H3,(H2,21,22,23)/t19-/m1/s1. The van der Waals surface area contributed by atoms with E-state index in [-0.39, 0.29) is 0 Å². The molecular formula is C20H38N6. The van der Waals surface area contributed by atoms with Crippen molar-refractivity contribution < 1.29 is 0 Å². The zero-order valence-electron chi connectivity index (χ0n) is 17.4. The lowest BCUT2D eigenvalue weighted by Gasteiger charge is -2.25. The summed E-state index contributed by atoms with van der Waals surface area (Å²) in [6.07, 6.45) is 3.61. The van der Waals surface area contributed by atoms with Gasteiger partial charge in [-0.25, -0.2) is 0 Å². The predicted molar refractivity (Wildman–Crippen MR) is 110 cm³/mol. The van der Waals surface area contributed by atoms with E-state index in [2.05, 4.69) is 59.1 Å². The van der Waals surface area contributed by atoms with E-state index >= 15 is 0 Å². The van der Waals surface area contributed by atoms with Crippen molar-refractivity contribution in [3.8, 4) is 0 Å². The molecule has 0 aliphatic carbocycles. The average Bonchev–Trinajstić information content (AvgIpc) is 3.14. The second kappa shape index (κ2) is 10.6. The second-order valence-electron chi connectivity index (χ2n) is 7.84. The van der Waals surface area contributed by atoms with Crippen LogP contribution in [-0.4, -0.2) is 59.4 Å². The maximum atomic E-state index is 4.85. The van der Waals surface area contributed by atoms with Gasteiger partial charge in [0.2, 0.25) is 0 Å². The van der Waals surface area contributed by atoms with E-state index in [1.165, 1.54) is 31.6 Å². The van der Waals surface area contributed by atoms with Gasteiger partial charge in [0.05, 0.1) is 12.2 Å². The van der Waals surface area contributed by atoms with Gasteiger partial charge in [0, 0.05) is 37.9 Å². The summed E-state index contributed by atoms with van der Waals surface area (Å²) in [6.45, 7) is 16.9. The number of nitrogens with one attached hydrogen (secondary N) is 2. The van der Waals surface area contributed by atoms with Gasteiger partial charge in [0.25, 0.3) is 0 Å². The number of aliphatic imine (C=N–C) groups is 1. The summed E-state index contributed by atoms with van der Waals surface area (Å²) in [7, 11) is 0. The maximum Gasteiger partial charge on any atom is 0.191 e. The van der Waals surface area contributed by atoms with Crippen LogP contribution in [0.25, 0.3) is 0 Å². The Morgan fingerprint density at radius 1 is 1.35 bits per heavy atom. The fourth-order valence-electron chi connectivity index (χ4n) is 3.69. The summed E-state index contributed by atoms with van der Waals surface area (Å²) in [5.41, 5.74) is 2.32. The summed E-state index contributed by atoms with van der Waals surface area (Å²) in [5, 5.41) is 11.4. The minimum absolute atomic E-state index is 0.600. The third-order valence-corrected chi connectivity index (χ3v) is 4.85. The molecule has 6 heteroatoms. The van der Waals surface area contributed by atoms with Crippen LogP contribution < -0.4 is 10.6 Å². The lowest BCUT2D eigenvalue weighted by Crippen LogP contribution is -2.40. The highest BCUT2D eigenvalue weighted by Crippen LogP contribution is 2.18. The largest absolute Gasteiger partial charge is 0.357 e. The molecule has 26 heavy (non-hydrogen) atoms. The molecule has 1 fully saturated rings. The molecule has 0 unspecified atom stereocenters. The van der Waals surface area contributed by atoms with Crippen LogP contribution in [0.3, 0.4) is 0 Å². The van der Waals surface area contributed by atoms with Crippen molar-refractivity contribution >= 4 is 5.96 Å². The van der Waals surface area contributed by atoms with Crippen LogP contribution in [0.15, 0.2) is 11.1 Å². The van der Waals surface area contributed by atoms with Crippen LogP contribution in [0.4, 0.5) is 0 Å². The van der Waals surface area contributed by atoms with E-state index in [4.69, 9.17) is 4.99 Å². The molecule has 6 nitrogen and oxygen atoms in total. The number of hydrogen-bond donors (Lipinski definition) is 2. The number of likely N-dealkylation sites (tertiary alicyclic amines) is 1. The van der Waals surface area contributed by atoms with Gasteiger partial charge in [-0.3, -0.25) is 14.6 Å². The molecule has 0 saturated carbocycles. The van der Waals surface area contributed by atoms with Crippen LogP contribution in [-0.2, 0) is 6.54 Å². The molecule has 2 N–H and O–H groups in total. The van der Waals surface area contributed by atoms with Crippen LogP contribution in [0.2, 0.25) is 0 Å². The average molecular weight is 363 g/mol. The quantitative estimate of drug-likeness (QED) is 0.403. The Bertz CT molecular complexity index is 563. The number of guanidine groups is 1. The Hall–Kier alpha value is -1.56. The third kappa shape index (κ3) is 6.63. The molecular weight excluding hydrogens is 324 g/mol. The van der Waals surface area contributed by atoms with Gasteiger partial charge in [0.1, 0.15) is 0 Å². The van der Waals surface area contributed by atoms with Crippen LogP contribution in [0.1, 0.15) is 51.4 Å². The molecule has 1 aliphatic rings. The Labute approximate surface area is 159 Å². The Balaban J connectivity index is 1.77. The third-order valence-electron chi connectivity index (χ3n) is 4.85. The molecule has 0 aromatic carbocycles. The minimum atomic E-state index is 0.600. The van der Waals surface area contributed by atoms with Crippen molar-refractivity contribution in [3.63, 3.8) is 0 Å². The summed E-state index contributed by atoms with van der Waals surface area (Å²) in [5.74, 6) is 1.66. The fraction of sp³-hybridized carbons (Fsp3) is 0.800. The molecule has 1 aromatic heterocycles. The molecule has 2 heterocycles. The van der Waals surface area contributed by atoms with Crippen molar-refractivity contribution in [1.82, 2.24) is 25.3 Å². The molecule has 1 aromatic rings.